The Bertz CT molecular complexity index is 1140. The van der Waals surface area contributed by atoms with Crippen LogP contribution in [0.3, 0.4) is 0 Å². The number of fused-ring (bicyclic) bond motifs is 1. The van der Waals surface area contributed by atoms with Gasteiger partial charge in [-0.25, -0.2) is 23.0 Å². The highest BCUT2D eigenvalue weighted by atomic mass is 35.5. The quantitative estimate of drug-likeness (QED) is 0.686. The van der Waals surface area contributed by atoms with Gasteiger partial charge in [-0.3, -0.25) is 4.79 Å². The van der Waals surface area contributed by atoms with Gasteiger partial charge < -0.3 is 5.32 Å². The third-order valence-corrected chi connectivity index (χ3v) is 5.00. The molecule has 0 spiro atoms. The molecule has 1 N–H and O–H groups in total. The Morgan fingerprint density at radius 3 is 2.42 bits per heavy atom. The van der Waals surface area contributed by atoms with E-state index in [9.17, 15) is 13.2 Å². The van der Waals surface area contributed by atoms with Crippen molar-refractivity contribution in [2.45, 2.75) is 24.8 Å². The van der Waals surface area contributed by atoms with Crippen molar-refractivity contribution in [1.29, 1.82) is 0 Å². The first kappa shape index (κ1) is 18.3. The molecule has 3 rings (SSSR count). The van der Waals surface area contributed by atoms with E-state index >= 15 is 0 Å². The summed E-state index contributed by atoms with van der Waals surface area (Å²) in [5.74, 6) is 0.341. The van der Waals surface area contributed by atoms with Crippen LogP contribution in [-0.4, -0.2) is 35.3 Å². The molecule has 2 heterocycles. The second kappa shape index (κ2) is 6.69. The Hall–Kier alpha value is -2.45. The van der Waals surface area contributed by atoms with Gasteiger partial charge in [0.05, 0.1) is 27.7 Å². The fourth-order valence-electron chi connectivity index (χ4n) is 2.50. The minimum absolute atomic E-state index is 0.0288. The molecule has 2 aromatic heterocycles. The van der Waals surface area contributed by atoms with E-state index in [4.69, 9.17) is 11.6 Å². The number of aromatic nitrogens is 3. The summed E-state index contributed by atoms with van der Waals surface area (Å²) in [6.07, 6.45) is 2.58. The standard InChI is InChI=1S/C17H17ClN4O3S/c1-10(2)20-17-21-14-9-19-15(18)8-13(14)16(23)22(17)11-4-6-12(7-5-11)26(3,24)25/h4-10H,1-3H3,(H,20,21). The topological polar surface area (TPSA) is 93.9 Å². The summed E-state index contributed by atoms with van der Waals surface area (Å²) in [7, 11) is -3.33. The Morgan fingerprint density at radius 1 is 1.19 bits per heavy atom. The van der Waals surface area contributed by atoms with Crippen molar-refractivity contribution in [3.8, 4) is 5.69 Å². The van der Waals surface area contributed by atoms with Crippen LogP contribution in [0.1, 0.15) is 13.8 Å². The number of rotatable bonds is 4. The van der Waals surface area contributed by atoms with Crippen molar-refractivity contribution in [1.82, 2.24) is 14.5 Å². The highest BCUT2D eigenvalue weighted by Gasteiger charge is 2.15. The van der Waals surface area contributed by atoms with Gasteiger partial charge in [0.1, 0.15) is 5.15 Å². The van der Waals surface area contributed by atoms with Crippen LogP contribution < -0.4 is 10.9 Å². The molecule has 7 nitrogen and oxygen atoms in total. The maximum absolute atomic E-state index is 13.0. The van der Waals surface area contributed by atoms with E-state index in [0.29, 0.717) is 22.5 Å². The number of anilines is 1. The molecule has 3 aromatic rings. The Kier molecular flexibility index (Phi) is 4.72. The average molecular weight is 393 g/mol. The van der Waals surface area contributed by atoms with Gasteiger partial charge in [-0.2, -0.15) is 0 Å². The van der Waals surface area contributed by atoms with Gasteiger partial charge in [0.25, 0.3) is 5.56 Å². The zero-order valence-corrected chi connectivity index (χ0v) is 16.0. The molecule has 0 aliphatic carbocycles. The summed E-state index contributed by atoms with van der Waals surface area (Å²) in [6.45, 7) is 3.85. The van der Waals surface area contributed by atoms with Gasteiger partial charge in [0, 0.05) is 12.3 Å². The third-order valence-electron chi connectivity index (χ3n) is 3.66. The zero-order chi connectivity index (χ0) is 19.1. The summed E-state index contributed by atoms with van der Waals surface area (Å²) < 4.78 is 24.7. The molecule has 0 bridgehead atoms. The van der Waals surface area contributed by atoms with E-state index in [1.165, 1.54) is 29.0 Å². The van der Waals surface area contributed by atoms with E-state index in [1.54, 1.807) is 12.1 Å². The Labute approximate surface area is 155 Å². The molecule has 0 unspecified atom stereocenters. The lowest BCUT2D eigenvalue weighted by Gasteiger charge is -2.17. The molecular formula is C17H17ClN4O3S. The van der Waals surface area contributed by atoms with Gasteiger partial charge in [0.15, 0.2) is 9.84 Å². The van der Waals surface area contributed by atoms with Crippen LogP contribution in [0, 0.1) is 0 Å². The second-order valence-electron chi connectivity index (χ2n) is 6.17. The van der Waals surface area contributed by atoms with E-state index in [0.717, 1.165) is 6.26 Å². The molecular weight excluding hydrogens is 376 g/mol. The molecule has 0 aliphatic rings. The molecule has 1 aromatic carbocycles. The van der Waals surface area contributed by atoms with Crippen molar-refractivity contribution < 1.29 is 8.42 Å². The Morgan fingerprint density at radius 2 is 1.85 bits per heavy atom. The van der Waals surface area contributed by atoms with Crippen molar-refractivity contribution in [2.75, 3.05) is 11.6 Å². The normalized spacial score (nSPS) is 11.9. The van der Waals surface area contributed by atoms with Crippen LogP contribution in [0.25, 0.3) is 16.6 Å². The highest BCUT2D eigenvalue weighted by Crippen LogP contribution is 2.20. The summed E-state index contributed by atoms with van der Waals surface area (Å²) >= 11 is 5.91. The number of nitrogens with one attached hydrogen (secondary N) is 1. The molecule has 136 valence electrons. The first-order valence-electron chi connectivity index (χ1n) is 7.82. The summed E-state index contributed by atoms with van der Waals surface area (Å²) in [5.41, 5.74) is 0.592. The lowest BCUT2D eigenvalue weighted by atomic mass is 10.2. The smallest absolute Gasteiger partial charge is 0.267 e. The summed E-state index contributed by atoms with van der Waals surface area (Å²) in [5, 5.41) is 3.66. The van der Waals surface area contributed by atoms with Crippen LogP contribution in [0.5, 0.6) is 0 Å². The molecule has 0 radical (unpaired) electrons. The highest BCUT2D eigenvalue weighted by molar-refractivity contribution is 7.90. The largest absolute Gasteiger partial charge is 0.353 e. The molecule has 9 heteroatoms. The average Bonchev–Trinajstić information content (AvgIpc) is 2.55. The SMILES string of the molecule is CC(C)Nc1nc2cnc(Cl)cc2c(=O)n1-c1ccc(S(C)(=O)=O)cc1. The van der Waals surface area contributed by atoms with Crippen LogP contribution >= 0.6 is 11.6 Å². The lowest BCUT2D eigenvalue weighted by Crippen LogP contribution is -2.26. The zero-order valence-electron chi connectivity index (χ0n) is 14.4. The van der Waals surface area contributed by atoms with Gasteiger partial charge >= 0.3 is 0 Å². The fraction of sp³-hybridized carbons (Fsp3) is 0.235. The van der Waals surface area contributed by atoms with Gasteiger partial charge in [-0.15, -0.1) is 0 Å². The van der Waals surface area contributed by atoms with Crippen LogP contribution in [-0.2, 0) is 9.84 Å². The van der Waals surface area contributed by atoms with E-state index < -0.39 is 9.84 Å². The first-order valence-corrected chi connectivity index (χ1v) is 10.1. The van der Waals surface area contributed by atoms with Crippen LogP contribution in [0.2, 0.25) is 5.15 Å². The van der Waals surface area contributed by atoms with Crippen molar-refractivity contribution in [3.05, 3.63) is 52.0 Å². The molecule has 0 aliphatic heterocycles. The van der Waals surface area contributed by atoms with Crippen LogP contribution in [0.15, 0.2) is 46.2 Å². The number of hydrogen-bond acceptors (Lipinski definition) is 6. The number of halogens is 1. The Balaban J connectivity index is 2.28. The van der Waals surface area contributed by atoms with E-state index in [2.05, 4.69) is 15.3 Å². The molecule has 0 saturated heterocycles. The van der Waals surface area contributed by atoms with Crippen molar-refractivity contribution in [3.63, 3.8) is 0 Å². The second-order valence-corrected chi connectivity index (χ2v) is 8.57. The minimum atomic E-state index is -3.33. The van der Waals surface area contributed by atoms with Crippen LogP contribution in [0.4, 0.5) is 5.95 Å². The number of hydrogen-bond donors (Lipinski definition) is 1. The van der Waals surface area contributed by atoms with E-state index in [-0.39, 0.29) is 21.6 Å². The van der Waals surface area contributed by atoms with Gasteiger partial charge in [0.2, 0.25) is 5.95 Å². The number of sulfone groups is 1. The summed E-state index contributed by atoms with van der Waals surface area (Å²) in [6, 6.07) is 7.55. The fourth-order valence-corrected chi connectivity index (χ4v) is 3.29. The predicted octanol–water partition coefficient (Wildman–Crippen LogP) is 2.66. The first-order chi connectivity index (χ1) is 12.2. The molecule has 0 amide bonds. The number of pyridine rings is 1. The lowest BCUT2D eigenvalue weighted by molar-refractivity contribution is 0.602. The van der Waals surface area contributed by atoms with E-state index in [1.807, 2.05) is 13.8 Å². The monoisotopic (exact) mass is 392 g/mol. The summed E-state index contributed by atoms with van der Waals surface area (Å²) in [4.78, 5) is 21.7. The molecule has 0 saturated carbocycles. The van der Waals surface area contributed by atoms with Gasteiger partial charge in [-0.05, 0) is 44.2 Å². The predicted molar refractivity (Wildman–Crippen MR) is 102 cm³/mol. The maximum atomic E-state index is 13.0. The molecule has 0 atom stereocenters. The van der Waals surface area contributed by atoms with Crippen molar-refractivity contribution >= 4 is 38.3 Å². The molecule has 0 fully saturated rings. The number of nitrogens with zero attached hydrogens (tertiary/aromatic N) is 3. The van der Waals surface area contributed by atoms with Crippen molar-refractivity contribution in [2.24, 2.45) is 0 Å². The molecule has 26 heavy (non-hydrogen) atoms. The minimum Gasteiger partial charge on any atom is -0.353 e. The number of benzene rings is 1. The van der Waals surface area contributed by atoms with Gasteiger partial charge in [-0.1, -0.05) is 11.6 Å². The maximum Gasteiger partial charge on any atom is 0.267 e. The third kappa shape index (κ3) is 3.56.